The first-order valence-electron chi connectivity index (χ1n) is 7.57. The number of aromatic nitrogens is 2. The number of hydrogen-bond acceptors (Lipinski definition) is 4. The first kappa shape index (κ1) is 14.3. The highest BCUT2D eigenvalue weighted by atomic mass is 79.9. The van der Waals surface area contributed by atoms with E-state index in [0.29, 0.717) is 5.92 Å². The number of ether oxygens (including phenoxy) is 1. The lowest BCUT2D eigenvalue weighted by Crippen LogP contribution is -2.28. The van der Waals surface area contributed by atoms with Crippen molar-refractivity contribution in [3.05, 3.63) is 16.0 Å². The SMILES string of the molecule is CCNc1nc(C2(OC)CCCC2)nc(C2CC2)c1Br. The van der Waals surface area contributed by atoms with Crippen molar-refractivity contribution in [3.8, 4) is 0 Å². The van der Waals surface area contributed by atoms with Crippen LogP contribution in [0.5, 0.6) is 0 Å². The summed E-state index contributed by atoms with van der Waals surface area (Å²) in [6, 6.07) is 0. The van der Waals surface area contributed by atoms with Crippen LogP contribution in [-0.2, 0) is 10.3 Å². The molecule has 2 aliphatic carbocycles. The van der Waals surface area contributed by atoms with Crippen LogP contribution in [0.2, 0.25) is 0 Å². The molecule has 20 heavy (non-hydrogen) atoms. The van der Waals surface area contributed by atoms with Gasteiger partial charge in [0.05, 0.1) is 10.2 Å². The number of halogens is 1. The molecule has 1 aromatic rings. The van der Waals surface area contributed by atoms with Crippen molar-refractivity contribution >= 4 is 21.7 Å². The van der Waals surface area contributed by atoms with Crippen LogP contribution in [0.15, 0.2) is 4.47 Å². The van der Waals surface area contributed by atoms with E-state index < -0.39 is 0 Å². The summed E-state index contributed by atoms with van der Waals surface area (Å²) in [5.41, 5.74) is 0.892. The summed E-state index contributed by atoms with van der Waals surface area (Å²) in [4.78, 5) is 9.64. The van der Waals surface area contributed by atoms with E-state index in [0.717, 1.165) is 41.2 Å². The predicted octanol–water partition coefficient (Wildman–Crippen LogP) is 3.96. The van der Waals surface area contributed by atoms with Gasteiger partial charge in [-0.05, 0) is 61.4 Å². The van der Waals surface area contributed by atoms with Crippen LogP contribution in [0.3, 0.4) is 0 Å². The molecule has 0 spiro atoms. The molecule has 2 fully saturated rings. The molecule has 1 N–H and O–H groups in total. The minimum atomic E-state index is -0.269. The first-order chi connectivity index (χ1) is 9.70. The first-order valence-corrected chi connectivity index (χ1v) is 8.36. The normalized spacial score (nSPS) is 21.1. The lowest BCUT2D eigenvalue weighted by molar-refractivity contribution is -0.0163. The van der Waals surface area contributed by atoms with Gasteiger partial charge in [0.25, 0.3) is 0 Å². The fourth-order valence-corrected chi connectivity index (χ4v) is 3.69. The summed E-state index contributed by atoms with van der Waals surface area (Å²) >= 11 is 3.68. The van der Waals surface area contributed by atoms with Crippen LogP contribution in [0, 0.1) is 0 Å². The van der Waals surface area contributed by atoms with Crippen LogP contribution in [0.4, 0.5) is 5.82 Å². The van der Waals surface area contributed by atoms with Crippen molar-refractivity contribution in [3.63, 3.8) is 0 Å². The maximum absolute atomic E-state index is 5.84. The minimum absolute atomic E-state index is 0.269. The largest absolute Gasteiger partial charge is 0.370 e. The predicted molar refractivity (Wildman–Crippen MR) is 83.0 cm³/mol. The Labute approximate surface area is 128 Å². The van der Waals surface area contributed by atoms with E-state index >= 15 is 0 Å². The van der Waals surface area contributed by atoms with Crippen LogP contribution in [0.25, 0.3) is 0 Å². The molecule has 4 nitrogen and oxygen atoms in total. The smallest absolute Gasteiger partial charge is 0.162 e. The van der Waals surface area contributed by atoms with Gasteiger partial charge in [0, 0.05) is 19.6 Å². The fourth-order valence-electron chi connectivity index (χ4n) is 3.05. The Bertz CT molecular complexity index is 496. The Hall–Kier alpha value is -0.680. The van der Waals surface area contributed by atoms with E-state index in [4.69, 9.17) is 14.7 Å². The summed E-state index contributed by atoms with van der Waals surface area (Å²) in [6.07, 6.45) is 6.92. The monoisotopic (exact) mass is 339 g/mol. The number of anilines is 1. The van der Waals surface area contributed by atoms with Gasteiger partial charge in [-0.2, -0.15) is 0 Å². The Morgan fingerprint density at radius 1 is 1.30 bits per heavy atom. The number of methoxy groups -OCH3 is 1. The van der Waals surface area contributed by atoms with E-state index in [1.807, 2.05) is 0 Å². The lowest BCUT2D eigenvalue weighted by Gasteiger charge is -2.27. The van der Waals surface area contributed by atoms with Crippen molar-refractivity contribution in [2.45, 2.75) is 57.0 Å². The summed E-state index contributed by atoms with van der Waals surface area (Å²) in [5, 5.41) is 3.35. The zero-order chi connectivity index (χ0) is 14.2. The quantitative estimate of drug-likeness (QED) is 0.881. The third kappa shape index (κ3) is 2.46. The topological polar surface area (TPSA) is 47.0 Å². The third-order valence-corrected chi connectivity index (χ3v) is 5.18. The molecule has 3 rings (SSSR count). The van der Waals surface area contributed by atoms with Crippen LogP contribution in [0.1, 0.15) is 62.9 Å². The number of rotatable bonds is 5. The zero-order valence-corrected chi connectivity index (χ0v) is 13.8. The second-order valence-corrected chi connectivity index (χ2v) is 6.60. The Kier molecular flexibility index (Phi) is 4.00. The molecular formula is C15H22BrN3O. The van der Waals surface area contributed by atoms with Crippen molar-refractivity contribution in [1.82, 2.24) is 9.97 Å². The van der Waals surface area contributed by atoms with Gasteiger partial charge < -0.3 is 10.1 Å². The molecule has 2 saturated carbocycles. The molecule has 1 heterocycles. The molecule has 0 radical (unpaired) electrons. The maximum Gasteiger partial charge on any atom is 0.162 e. The Balaban J connectivity index is 2.05. The van der Waals surface area contributed by atoms with Crippen LogP contribution >= 0.6 is 15.9 Å². The molecular weight excluding hydrogens is 318 g/mol. The van der Waals surface area contributed by atoms with E-state index in [2.05, 4.69) is 28.2 Å². The van der Waals surface area contributed by atoms with Crippen molar-refractivity contribution < 1.29 is 4.74 Å². The summed E-state index contributed by atoms with van der Waals surface area (Å²) in [7, 11) is 1.79. The second-order valence-electron chi connectivity index (χ2n) is 5.81. The molecule has 110 valence electrons. The van der Waals surface area contributed by atoms with Gasteiger partial charge in [0.1, 0.15) is 11.4 Å². The van der Waals surface area contributed by atoms with Crippen molar-refractivity contribution in [2.24, 2.45) is 0 Å². The summed E-state index contributed by atoms with van der Waals surface area (Å²) in [5.74, 6) is 2.39. The van der Waals surface area contributed by atoms with Crippen LogP contribution < -0.4 is 5.32 Å². The van der Waals surface area contributed by atoms with Crippen molar-refractivity contribution in [1.29, 1.82) is 0 Å². The Morgan fingerprint density at radius 3 is 2.55 bits per heavy atom. The van der Waals surface area contributed by atoms with Gasteiger partial charge in [0.2, 0.25) is 0 Å². The van der Waals surface area contributed by atoms with E-state index in [9.17, 15) is 0 Å². The number of nitrogens with zero attached hydrogens (tertiary/aromatic N) is 2. The molecule has 0 atom stereocenters. The van der Waals surface area contributed by atoms with Crippen molar-refractivity contribution in [2.75, 3.05) is 19.0 Å². The lowest BCUT2D eigenvalue weighted by atomic mass is 10.0. The van der Waals surface area contributed by atoms with Gasteiger partial charge in [-0.15, -0.1) is 0 Å². The maximum atomic E-state index is 5.84. The summed E-state index contributed by atoms with van der Waals surface area (Å²) < 4.78 is 6.88. The van der Waals surface area contributed by atoms with Gasteiger partial charge in [-0.1, -0.05) is 0 Å². The molecule has 0 aliphatic heterocycles. The third-order valence-electron chi connectivity index (χ3n) is 4.39. The average Bonchev–Trinajstić information content (AvgIpc) is 3.18. The standard InChI is InChI=1S/C15H22BrN3O/c1-3-17-13-11(16)12(10-6-7-10)18-14(19-13)15(20-2)8-4-5-9-15/h10H,3-9H2,1-2H3,(H,17,18,19). The molecule has 2 aliphatic rings. The van der Waals surface area contributed by atoms with Crippen LogP contribution in [-0.4, -0.2) is 23.6 Å². The number of hydrogen-bond donors (Lipinski definition) is 1. The molecule has 0 amide bonds. The van der Waals surface area contributed by atoms with E-state index in [1.54, 1.807) is 7.11 Å². The molecule has 0 aromatic carbocycles. The zero-order valence-electron chi connectivity index (χ0n) is 12.2. The van der Waals surface area contributed by atoms with Gasteiger partial charge in [-0.25, -0.2) is 9.97 Å². The van der Waals surface area contributed by atoms with E-state index in [1.165, 1.54) is 25.7 Å². The molecule has 0 saturated heterocycles. The molecule has 5 heteroatoms. The average molecular weight is 340 g/mol. The minimum Gasteiger partial charge on any atom is -0.370 e. The highest BCUT2D eigenvalue weighted by molar-refractivity contribution is 9.10. The summed E-state index contributed by atoms with van der Waals surface area (Å²) in [6.45, 7) is 2.95. The number of nitrogens with one attached hydrogen (secondary N) is 1. The molecule has 0 unspecified atom stereocenters. The fraction of sp³-hybridized carbons (Fsp3) is 0.733. The van der Waals surface area contributed by atoms with E-state index in [-0.39, 0.29) is 5.60 Å². The van der Waals surface area contributed by atoms with Gasteiger partial charge in [0.15, 0.2) is 5.82 Å². The molecule has 0 bridgehead atoms. The van der Waals surface area contributed by atoms with Gasteiger partial charge in [-0.3, -0.25) is 0 Å². The Morgan fingerprint density at radius 2 is 2.00 bits per heavy atom. The second kappa shape index (κ2) is 5.60. The highest BCUT2D eigenvalue weighted by Crippen LogP contribution is 2.46. The van der Waals surface area contributed by atoms with Gasteiger partial charge >= 0.3 is 0 Å². The highest BCUT2D eigenvalue weighted by Gasteiger charge is 2.40. The molecule has 1 aromatic heterocycles.